The number of aromatic nitrogens is 3. The molecular weight excluding hydrogens is 312 g/mol. The highest BCUT2D eigenvalue weighted by molar-refractivity contribution is 6.32. The van der Waals surface area contributed by atoms with E-state index in [0.717, 1.165) is 16.9 Å². The van der Waals surface area contributed by atoms with E-state index in [2.05, 4.69) is 9.97 Å². The Morgan fingerprint density at radius 2 is 2.10 bits per heavy atom. The zero-order chi connectivity index (χ0) is 15.0. The van der Waals surface area contributed by atoms with Crippen LogP contribution in [0, 0.1) is 12.7 Å². The first kappa shape index (κ1) is 14.3. The van der Waals surface area contributed by atoms with Gasteiger partial charge in [0.15, 0.2) is 5.65 Å². The molecule has 0 aliphatic carbocycles. The first-order valence-corrected chi connectivity index (χ1v) is 7.37. The highest BCUT2D eigenvalue weighted by atomic mass is 35.5. The number of imidazole rings is 1. The summed E-state index contributed by atoms with van der Waals surface area (Å²) in [5, 5.41) is 0.313. The molecule has 0 spiro atoms. The second kappa shape index (κ2) is 5.62. The van der Waals surface area contributed by atoms with E-state index in [1.807, 2.05) is 17.6 Å². The lowest BCUT2D eigenvalue weighted by atomic mass is 10.2. The van der Waals surface area contributed by atoms with Gasteiger partial charge in [-0.1, -0.05) is 11.6 Å². The zero-order valence-electron chi connectivity index (χ0n) is 11.3. The van der Waals surface area contributed by atoms with Crippen molar-refractivity contribution >= 4 is 34.4 Å². The molecule has 0 atom stereocenters. The summed E-state index contributed by atoms with van der Waals surface area (Å²) in [6, 6.07) is 6.17. The van der Waals surface area contributed by atoms with Crippen LogP contribution < -0.4 is 0 Å². The predicted molar refractivity (Wildman–Crippen MR) is 83.0 cm³/mol. The monoisotopic (exact) mass is 323 g/mol. The number of halogens is 3. The van der Waals surface area contributed by atoms with Gasteiger partial charge in [-0.3, -0.25) is 4.57 Å². The van der Waals surface area contributed by atoms with Gasteiger partial charge in [0.25, 0.3) is 0 Å². The van der Waals surface area contributed by atoms with Gasteiger partial charge < -0.3 is 0 Å². The Morgan fingerprint density at radius 3 is 2.81 bits per heavy atom. The normalized spacial score (nSPS) is 11.2. The molecule has 1 aromatic carbocycles. The van der Waals surface area contributed by atoms with E-state index in [0.29, 0.717) is 28.7 Å². The zero-order valence-corrected chi connectivity index (χ0v) is 12.8. The fourth-order valence-corrected chi connectivity index (χ4v) is 2.73. The summed E-state index contributed by atoms with van der Waals surface area (Å²) in [5.74, 6) is 0.813. The lowest BCUT2D eigenvalue weighted by Crippen LogP contribution is -2.04. The molecule has 0 saturated heterocycles. The van der Waals surface area contributed by atoms with Crippen LogP contribution in [0.1, 0.15) is 11.4 Å². The summed E-state index contributed by atoms with van der Waals surface area (Å²) >= 11 is 12.0. The average Bonchev–Trinajstić information content (AvgIpc) is 2.79. The molecule has 21 heavy (non-hydrogen) atoms. The number of benzene rings is 1. The van der Waals surface area contributed by atoms with Crippen molar-refractivity contribution in [3.8, 4) is 5.69 Å². The highest BCUT2D eigenvalue weighted by Gasteiger charge is 2.16. The summed E-state index contributed by atoms with van der Waals surface area (Å²) in [5.41, 5.74) is 3.17. The van der Waals surface area contributed by atoms with Crippen molar-refractivity contribution in [3.05, 3.63) is 52.7 Å². The Morgan fingerprint density at radius 1 is 1.29 bits per heavy atom. The Kier molecular flexibility index (Phi) is 3.83. The average molecular weight is 324 g/mol. The largest absolute Gasteiger partial charge is 0.279 e. The van der Waals surface area contributed by atoms with Crippen LogP contribution in [0.3, 0.4) is 0 Å². The van der Waals surface area contributed by atoms with E-state index in [9.17, 15) is 4.39 Å². The quantitative estimate of drug-likeness (QED) is 0.673. The van der Waals surface area contributed by atoms with Crippen molar-refractivity contribution in [2.75, 3.05) is 5.88 Å². The molecule has 2 aromatic heterocycles. The number of hydrogen-bond donors (Lipinski definition) is 0. The van der Waals surface area contributed by atoms with E-state index in [1.54, 1.807) is 12.3 Å². The standard InChI is InChI=1S/C15H12Cl2FN3/c1-9-5-7-19-15-14(9)20-13(4-6-16)21(15)12-3-2-10(18)8-11(12)17/h2-3,5,7-8H,4,6H2,1H3. The minimum atomic E-state index is -0.379. The fourth-order valence-electron chi connectivity index (χ4n) is 2.31. The summed E-state index contributed by atoms with van der Waals surface area (Å²) < 4.78 is 15.1. The SMILES string of the molecule is Cc1ccnc2c1nc(CCCl)n2-c1ccc(F)cc1Cl. The lowest BCUT2D eigenvalue weighted by Gasteiger charge is -2.10. The Balaban J connectivity index is 2.33. The number of rotatable bonds is 3. The molecule has 108 valence electrons. The molecule has 0 aliphatic rings. The van der Waals surface area contributed by atoms with E-state index >= 15 is 0 Å². The molecule has 0 amide bonds. The van der Waals surface area contributed by atoms with Crippen molar-refractivity contribution in [2.45, 2.75) is 13.3 Å². The minimum Gasteiger partial charge on any atom is -0.279 e. The Hall–Kier alpha value is -1.65. The van der Waals surface area contributed by atoms with Crippen molar-refractivity contribution in [3.63, 3.8) is 0 Å². The van der Waals surface area contributed by atoms with Gasteiger partial charge in [-0.2, -0.15) is 0 Å². The molecule has 3 aromatic rings. The van der Waals surface area contributed by atoms with E-state index in [1.165, 1.54) is 12.1 Å². The molecule has 6 heteroatoms. The Bertz CT molecular complexity index is 814. The van der Waals surface area contributed by atoms with Crippen LogP contribution in [-0.2, 0) is 6.42 Å². The maximum atomic E-state index is 13.3. The molecule has 3 nitrogen and oxygen atoms in total. The molecular formula is C15H12Cl2FN3. The Labute approximate surface area is 131 Å². The van der Waals surface area contributed by atoms with Gasteiger partial charge in [-0.05, 0) is 36.8 Å². The maximum Gasteiger partial charge on any atom is 0.164 e. The first-order valence-electron chi connectivity index (χ1n) is 6.46. The third-order valence-electron chi connectivity index (χ3n) is 3.29. The number of pyridine rings is 1. The smallest absolute Gasteiger partial charge is 0.164 e. The molecule has 0 bridgehead atoms. The van der Waals surface area contributed by atoms with Gasteiger partial charge in [0.2, 0.25) is 0 Å². The molecule has 3 rings (SSSR count). The van der Waals surface area contributed by atoms with Crippen LogP contribution in [0.4, 0.5) is 4.39 Å². The summed E-state index contributed by atoms with van der Waals surface area (Å²) in [4.78, 5) is 9.00. The third kappa shape index (κ3) is 2.49. The minimum absolute atomic E-state index is 0.313. The van der Waals surface area contributed by atoms with Crippen LogP contribution >= 0.6 is 23.2 Å². The van der Waals surface area contributed by atoms with Crippen LogP contribution in [0.15, 0.2) is 30.5 Å². The van der Waals surface area contributed by atoms with Crippen LogP contribution in [-0.4, -0.2) is 20.4 Å². The van der Waals surface area contributed by atoms with E-state index in [-0.39, 0.29) is 5.82 Å². The van der Waals surface area contributed by atoms with Crippen molar-refractivity contribution in [1.82, 2.24) is 14.5 Å². The summed E-state index contributed by atoms with van der Waals surface area (Å²) in [6.45, 7) is 1.97. The maximum absolute atomic E-state index is 13.3. The fraction of sp³-hybridized carbons (Fsp3) is 0.200. The van der Waals surface area contributed by atoms with Gasteiger partial charge in [-0.15, -0.1) is 11.6 Å². The van der Waals surface area contributed by atoms with Crippen LogP contribution in [0.25, 0.3) is 16.9 Å². The van der Waals surface area contributed by atoms with Gasteiger partial charge in [0.05, 0.1) is 10.7 Å². The van der Waals surface area contributed by atoms with Crippen molar-refractivity contribution in [1.29, 1.82) is 0 Å². The topological polar surface area (TPSA) is 30.7 Å². The summed E-state index contributed by atoms with van der Waals surface area (Å²) in [6.07, 6.45) is 2.29. The first-order chi connectivity index (χ1) is 10.1. The van der Waals surface area contributed by atoms with Gasteiger partial charge in [0, 0.05) is 18.5 Å². The lowest BCUT2D eigenvalue weighted by molar-refractivity contribution is 0.627. The molecule has 0 N–H and O–H groups in total. The number of aryl methyl sites for hydroxylation is 2. The van der Waals surface area contributed by atoms with Gasteiger partial charge in [-0.25, -0.2) is 14.4 Å². The molecule has 0 saturated carbocycles. The van der Waals surface area contributed by atoms with Crippen molar-refractivity contribution < 1.29 is 4.39 Å². The highest BCUT2D eigenvalue weighted by Crippen LogP contribution is 2.28. The number of alkyl halides is 1. The molecule has 0 fully saturated rings. The number of hydrogen-bond acceptors (Lipinski definition) is 2. The van der Waals surface area contributed by atoms with E-state index in [4.69, 9.17) is 23.2 Å². The van der Waals surface area contributed by atoms with E-state index < -0.39 is 0 Å². The summed E-state index contributed by atoms with van der Waals surface area (Å²) in [7, 11) is 0. The second-order valence-corrected chi connectivity index (χ2v) is 5.48. The number of fused-ring (bicyclic) bond motifs is 1. The molecule has 0 unspecified atom stereocenters. The van der Waals surface area contributed by atoms with Crippen LogP contribution in [0.5, 0.6) is 0 Å². The van der Waals surface area contributed by atoms with Gasteiger partial charge in [0.1, 0.15) is 17.2 Å². The molecule has 0 radical (unpaired) electrons. The number of nitrogens with zero attached hydrogens (tertiary/aromatic N) is 3. The van der Waals surface area contributed by atoms with Crippen LogP contribution in [0.2, 0.25) is 5.02 Å². The molecule has 0 aliphatic heterocycles. The predicted octanol–water partition coefficient (Wildman–Crippen LogP) is 4.30. The third-order valence-corrected chi connectivity index (χ3v) is 3.78. The van der Waals surface area contributed by atoms with Gasteiger partial charge >= 0.3 is 0 Å². The van der Waals surface area contributed by atoms with Crippen molar-refractivity contribution in [2.24, 2.45) is 0 Å². The second-order valence-electron chi connectivity index (χ2n) is 4.70. The molecule has 2 heterocycles.